The maximum absolute atomic E-state index is 13.1. The van der Waals surface area contributed by atoms with Crippen molar-refractivity contribution in [2.75, 3.05) is 19.6 Å². The van der Waals surface area contributed by atoms with E-state index in [1.807, 2.05) is 36.7 Å². The van der Waals surface area contributed by atoms with Gasteiger partial charge in [0.2, 0.25) is 5.91 Å². The molecule has 2 fully saturated rings. The van der Waals surface area contributed by atoms with E-state index >= 15 is 0 Å². The van der Waals surface area contributed by atoms with Crippen molar-refractivity contribution >= 4 is 5.91 Å². The SMILES string of the molecule is C=CCN1C(=O)[C@H](c2cccnc2)CC12CCN(Cc1ccoc1)CC2. The smallest absolute Gasteiger partial charge is 0.231 e. The van der Waals surface area contributed by atoms with Crippen molar-refractivity contribution in [1.29, 1.82) is 0 Å². The number of aromatic nitrogens is 1. The molecule has 5 heteroatoms. The highest BCUT2D eigenvalue weighted by atomic mass is 16.3. The van der Waals surface area contributed by atoms with Crippen LogP contribution in [0.3, 0.4) is 0 Å². The average Bonchev–Trinajstić information content (AvgIpc) is 3.27. The number of nitrogens with zero attached hydrogens (tertiary/aromatic N) is 3. The molecule has 2 aromatic rings. The monoisotopic (exact) mass is 351 g/mol. The predicted molar refractivity (Wildman–Crippen MR) is 99.5 cm³/mol. The van der Waals surface area contributed by atoms with Gasteiger partial charge in [0, 0.05) is 49.7 Å². The molecule has 1 atom stereocenters. The van der Waals surface area contributed by atoms with E-state index in [4.69, 9.17) is 4.42 Å². The topological polar surface area (TPSA) is 49.6 Å². The zero-order valence-electron chi connectivity index (χ0n) is 15.0. The first-order valence-corrected chi connectivity index (χ1v) is 9.28. The Morgan fingerprint density at radius 2 is 2.19 bits per heavy atom. The summed E-state index contributed by atoms with van der Waals surface area (Å²) in [6, 6.07) is 5.96. The van der Waals surface area contributed by atoms with Crippen molar-refractivity contribution in [3.05, 3.63) is 66.9 Å². The molecule has 2 aliphatic rings. The molecule has 5 nitrogen and oxygen atoms in total. The fourth-order valence-corrected chi connectivity index (χ4v) is 4.50. The van der Waals surface area contributed by atoms with Gasteiger partial charge in [0.25, 0.3) is 0 Å². The molecule has 0 aromatic carbocycles. The molecule has 26 heavy (non-hydrogen) atoms. The average molecular weight is 351 g/mol. The van der Waals surface area contributed by atoms with Gasteiger partial charge in [-0.25, -0.2) is 0 Å². The summed E-state index contributed by atoms with van der Waals surface area (Å²) in [5.41, 5.74) is 2.18. The van der Waals surface area contributed by atoms with Gasteiger partial charge in [-0.2, -0.15) is 0 Å². The molecule has 0 unspecified atom stereocenters. The first kappa shape index (κ1) is 17.0. The number of carbonyl (C=O) groups is 1. The van der Waals surface area contributed by atoms with E-state index in [0.717, 1.165) is 44.5 Å². The maximum atomic E-state index is 13.1. The first-order valence-electron chi connectivity index (χ1n) is 9.28. The standard InChI is InChI=1S/C21H25N3O2/c1-2-9-24-20(25)19(18-4-3-8-22-14-18)13-21(24)6-10-23(11-7-21)15-17-5-12-26-16-17/h2-5,8,12,14,16,19H,1,6-7,9-11,13,15H2/t19-/m0/s1. The molecule has 2 saturated heterocycles. The molecular weight excluding hydrogens is 326 g/mol. The number of amides is 1. The van der Waals surface area contributed by atoms with E-state index in [2.05, 4.69) is 21.4 Å². The Labute approximate surface area is 154 Å². The van der Waals surface area contributed by atoms with Crippen LogP contribution in [-0.2, 0) is 11.3 Å². The van der Waals surface area contributed by atoms with Crippen molar-refractivity contribution in [2.24, 2.45) is 0 Å². The quantitative estimate of drug-likeness (QED) is 0.776. The molecule has 0 N–H and O–H groups in total. The van der Waals surface area contributed by atoms with Crippen LogP contribution in [0.5, 0.6) is 0 Å². The largest absolute Gasteiger partial charge is 0.472 e. The van der Waals surface area contributed by atoms with Gasteiger partial charge in [-0.15, -0.1) is 6.58 Å². The lowest BCUT2D eigenvalue weighted by atomic mass is 9.81. The lowest BCUT2D eigenvalue weighted by Crippen LogP contribution is -2.52. The van der Waals surface area contributed by atoms with Crippen LogP contribution in [0.25, 0.3) is 0 Å². The van der Waals surface area contributed by atoms with Gasteiger partial charge < -0.3 is 9.32 Å². The minimum Gasteiger partial charge on any atom is -0.472 e. The zero-order valence-corrected chi connectivity index (χ0v) is 15.0. The summed E-state index contributed by atoms with van der Waals surface area (Å²) in [6.07, 6.45) is 11.9. The van der Waals surface area contributed by atoms with Crippen molar-refractivity contribution in [1.82, 2.24) is 14.8 Å². The van der Waals surface area contributed by atoms with Gasteiger partial charge in [0.15, 0.2) is 0 Å². The van der Waals surface area contributed by atoms with Crippen LogP contribution in [0.4, 0.5) is 0 Å². The van der Waals surface area contributed by atoms with Crippen LogP contribution in [0.1, 0.15) is 36.3 Å². The minimum absolute atomic E-state index is 0.0569. The molecule has 1 spiro atoms. The third-order valence-corrected chi connectivity index (χ3v) is 5.89. The molecule has 1 amide bonds. The van der Waals surface area contributed by atoms with Crippen molar-refractivity contribution < 1.29 is 9.21 Å². The fourth-order valence-electron chi connectivity index (χ4n) is 4.50. The van der Waals surface area contributed by atoms with Gasteiger partial charge in [-0.3, -0.25) is 14.7 Å². The second kappa shape index (κ2) is 7.08. The van der Waals surface area contributed by atoms with Crippen LogP contribution in [-0.4, -0.2) is 45.9 Å². The molecule has 0 bridgehead atoms. The summed E-state index contributed by atoms with van der Waals surface area (Å²) < 4.78 is 5.18. The molecule has 4 rings (SSSR count). The van der Waals surface area contributed by atoms with Crippen molar-refractivity contribution in [2.45, 2.75) is 37.3 Å². The Hall–Kier alpha value is -2.40. The summed E-state index contributed by atoms with van der Waals surface area (Å²) in [7, 11) is 0. The number of carbonyl (C=O) groups excluding carboxylic acids is 1. The Balaban J connectivity index is 1.51. The summed E-state index contributed by atoms with van der Waals surface area (Å²) in [4.78, 5) is 21.9. The third kappa shape index (κ3) is 3.07. The Morgan fingerprint density at radius 1 is 1.35 bits per heavy atom. The molecule has 0 aliphatic carbocycles. The second-order valence-corrected chi connectivity index (χ2v) is 7.41. The van der Waals surface area contributed by atoms with E-state index in [-0.39, 0.29) is 17.4 Å². The Bertz CT molecular complexity index is 749. The molecule has 136 valence electrons. The molecule has 4 heterocycles. The highest BCUT2D eigenvalue weighted by Gasteiger charge is 2.51. The third-order valence-electron chi connectivity index (χ3n) is 5.89. The van der Waals surface area contributed by atoms with Gasteiger partial charge in [0.05, 0.1) is 18.4 Å². The zero-order chi connectivity index (χ0) is 18.0. The first-order chi connectivity index (χ1) is 12.7. The van der Waals surface area contributed by atoms with Crippen molar-refractivity contribution in [3.8, 4) is 0 Å². The van der Waals surface area contributed by atoms with Gasteiger partial charge in [-0.05, 0) is 37.0 Å². The van der Waals surface area contributed by atoms with Crippen LogP contribution >= 0.6 is 0 Å². The number of hydrogen-bond acceptors (Lipinski definition) is 4. The van der Waals surface area contributed by atoms with Crippen LogP contribution in [0, 0.1) is 0 Å². The molecule has 2 aromatic heterocycles. The lowest BCUT2D eigenvalue weighted by molar-refractivity contribution is -0.132. The number of rotatable bonds is 5. The summed E-state index contributed by atoms with van der Waals surface area (Å²) in [6.45, 7) is 7.39. The summed E-state index contributed by atoms with van der Waals surface area (Å²) in [5.74, 6) is 0.144. The van der Waals surface area contributed by atoms with Gasteiger partial charge in [-0.1, -0.05) is 12.1 Å². The van der Waals surface area contributed by atoms with Gasteiger partial charge >= 0.3 is 0 Å². The Morgan fingerprint density at radius 3 is 2.85 bits per heavy atom. The number of hydrogen-bond donors (Lipinski definition) is 0. The number of pyridine rings is 1. The predicted octanol–water partition coefficient (Wildman–Crippen LogP) is 3.21. The fraction of sp³-hybridized carbons (Fsp3) is 0.429. The van der Waals surface area contributed by atoms with Crippen LogP contribution < -0.4 is 0 Å². The summed E-state index contributed by atoms with van der Waals surface area (Å²) in [5, 5.41) is 0. The highest BCUT2D eigenvalue weighted by molar-refractivity contribution is 5.87. The second-order valence-electron chi connectivity index (χ2n) is 7.41. The van der Waals surface area contributed by atoms with E-state index in [1.165, 1.54) is 5.56 Å². The highest BCUT2D eigenvalue weighted by Crippen LogP contribution is 2.45. The van der Waals surface area contributed by atoms with Crippen LogP contribution in [0.15, 0.2) is 60.2 Å². The van der Waals surface area contributed by atoms with Gasteiger partial charge in [0.1, 0.15) is 0 Å². The molecule has 0 radical (unpaired) electrons. The van der Waals surface area contributed by atoms with E-state index in [9.17, 15) is 4.79 Å². The molecule has 2 aliphatic heterocycles. The number of piperidine rings is 1. The minimum atomic E-state index is -0.0796. The summed E-state index contributed by atoms with van der Waals surface area (Å²) >= 11 is 0. The Kier molecular flexibility index (Phi) is 4.64. The normalized spacial score (nSPS) is 22.8. The molecule has 0 saturated carbocycles. The van der Waals surface area contributed by atoms with E-state index in [0.29, 0.717) is 6.54 Å². The maximum Gasteiger partial charge on any atom is 0.231 e. The lowest BCUT2D eigenvalue weighted by Gasteiger charge is -2.44. The van der Waals surface area contributed by atoms with E-state index in [1.54, 1.807) is 12.5 Å². The number of likely N-dealkylation sites (tertiary alicyclic amines) is 2. The molecular formula is C21H25N3O2. The van der Waals surface area contributed by atoms with Crippen molar-refractivity contribution in [3.63, 3.8) is 0 Å². The number of furan rings is 1. The van der Waals surface area contributed by atoms with Crippen LogP contribution in [0.2, 0.25) is 0 Å². The van der Waals surface area contributed by atoms with E-state index < -0.39 is 0 Å².